The van der Waals surface area contributed by atoms with Crippen molar-refractivity contribution in [1.82, 2.24) is 10.1 Å². The largest absolute Gasteiger partial charge is 0.376 e. The van der Waals surface area contributed by atoms with Crippen LogP contribution in [0.5, 0.6) is 0 Å². The van der Waals surface area contributed by atoms with Gasteiger partial charge in [0.2, 0.25) is 0 Å². The normalized spacial score (nSPS) is 15.4. The number of aromatic nitrogens is 1. The van der Waals surface area contributed by atoms with E-state index in [2.05, 4.69) is 35.5 Å². The highest BCUT2D eigenvalue weighted by Gasteiger charge is 2.05. The van der Waals surface area contributed by atoms with Crippen LogP contribution in [0.1, 0.15) is 24.3 Å². The predicted molar refractivity (Wildman–Crippen MR) is 64.0 cm³/mol. The Morgan fingerprint density at radius 3 is 3.00 bits per heavy atom. The molecule has 0 saturated heterocycles. The summed E-state index contributed by atoms with van der Waals surface area (Å²) < 4.78 is 5.18. The average molecular weight is 218 g/mol. The summed E-state index contributed by atoms with van der Waals surface area (Å²) in [5.41, 5.74) is 2.45. The van der Waals surface area contributed by atoms with Gasteiger partial charge in [0.25, 0.3) is 0 Å². The lowest BCUT2D eigenvalue weighted by Crippen LogP contribution is -2.16. The lowest BCUT2D eigenvalue weighted by Gasteiger charge is -2.19. The summed E-state index contributed by atoms with van der Waals surface area (Å²) in [7, 11) is 2.10. The summed E-state index contributed by atoms with van der Waals surface area (Å²) in [4.78, 5) is 2.20. The fourth-order valence-corrected chi connectivity index (χ4v) is 1.94. The minimum Gasteiger partial charge on any atom is -0.376 e. The monoisotopic (exact) mass is 218 g/mol. The van der Waals surface area contributed by atoms with Crippen molar-refractivity contribution >= 4 is 0 Å². The molecule has 3 nitrogen and oxygen atoms in total. The van der Waals surface area contributed by atoms with Crippen LogP contribution in [0, 0.1) is 6.92 Å². The molecule has 0 aromatic carbocycles. The topological polar surface area (TPSA) is 29.3 Å². The van der Waals surface area contributed by atoms with E-state index in [0.29, 0.717) is 0 Å². The van der Waals surface area contributed by atoms with Gasteiger partial charge in [0.05, 0.1) is 5.69 Å². The molecule has 3 heteroatoms. The maximum absolute atomic E-state index is 5.18. The summed E-state index contributed by atoms with van der Waals surface area (Å²) >= 11 is 0. The zero-order valence-corrected chi connectivity index (χ0v) is 9.94. The molecular weight excluding hydrogens is 200 g/mol. The van der Waals surface area contributed by atoms with E-state index >= 15 is 0 Å². The second kappa shape index (κ2) is 5.01. The number of hydrogen-bond acceptors (Lipinski definition) is 3. The Morgan fingerprint density at radius 2 is 2.31 bits per heavy atom. The van der Waals surface area contributed by atoms with Crippen LogP contribution >= 0.6 is 0 Å². The Kier molecular flexibility index (Phi) is 3.44. The minimum absolute atomic E-state index is 0.967. The van der Waals surface area contributed by atoms with Gasteiger partial charge in [-0.25, -0.2) is 0 Å². The number of rotatable bonds is 4. The highest BCUT2D eigenvalue weighted by Crippen LogP contribution is 2.14. The number of allylic oxidation sites excluding steroid dienone is 2. The van der Waals surface area contributed by atoms with Gasteiger partial charge in [-0.1, -0.05) is 16.8 Å². The first-order valence-corrected chi connectivity index (χ1v) is 5.73. The highest BCUT2D eigenvalue weighted by atomic mass is 16.5. The van der Waals surface area contributed by atoms with Crippen LogP contribution in [0.4, 0.5) is 0 Å². The lowest BCUT2D eigenvalue weighted by atomic mass is 10.1. The second-order valence-electron chi connectivity index (χ2n) is 4.37. The average Bonchev–Trinajstić information content (AvgIpc) is 2.64. The van der Waals surface area contributed by atoms with Crippen molar-refractivity contribution in [1.29, 1.82) is 0 Å². The predicted octanol–water partition coefficient (Wildman–Crippen LogP) is 2.69. The van der Waals surface area contributed by atoms with Gasteiger partial charge in [0.15, 0.2) is 0 Å². The van der Waals surface area contributed by atoms with Gasteiger partial charge in [-0.15, -0.1) is 0 Å². The van der Waals surface area contributed by atoms with Crippen molar-refractivity contribution in [2.45, 2.75) is 26.2 Å². The van der Waals surface area contributed by atoms with Crippen molar-refractivity contribution in [3.05, 3.63) is 41.4 Å². The summed E-state index contributed by atoms with van der Waals surface area (Å²) in [6.45, 7) is 3.00. The minimum atomic E-state index is 0.967. The summed E-state index contributed by atoms with van der Waals surface area (Å²) in [5.74, 6) is 0.998. The van der Waals surface area contributed by atoms with Gasteiger partial charge in [0, 0.05) is 26.1 Å². The van der Waals surface area contributed by atoms with Crippen LogP contribution < -0.4 is 0 Å². The molecule has 2 rings (SSSR count). The van der Waals surface area contributed by atoms with Crippen molar-refractivity contribution in [2.75, 3.05) is 13.6 Å². The molecule has 0 atom stereocenters. The van der Waals surface area contributed by atoms with Crippen LogP contribution in [0.25, 0.3) is 0 Å². The zero-order chi connectivity index (χ0) is 11.4. The van der Waals surface area contributed by atoms with Crippen molar-refractivity contribution in [3.63, 3.8) is 0 Å². The van der Waals surface area contributed by atoms with Crippen LogP contribution in [0.2, 0.25) is 0 Å². The third-order valence-corrected chi connectivity index (χ3v) is 2.72. The number of hydrogen-bond donors (Lipinski definition) is 0. The van der Waals surface area contributed by atoms with E-state index in [1.807, 2.05) is 13.0 Å². The van der Waals surface area contributed by atoms with Gasteiger partial charge in [-0.05, 0) is 32.0 Å². The molecule has 1 aromatic rings. The third kappa shape index (κ3) is 2.99. The third-order valence-electron chi connectivity index (χ3n) is 2.72. The number of nitrogens with zero attached hydrogens (tertiary/aromatic N) is 2. The van der Waals surface area contributed by atoms with E-state index in [9.17, 15) is 0 Å². The Balaban J connectivity index is 1.76. The smallest absolute Gasteiger partial charge is 0.137 e. The van der Waals surface area contributed by atoms with E-state index in [1.165, 1.54) is 5.57 Å². The molecule has 1 aliphatic heterocycles. The van der Waals surface area contributed by atoms with E-state index in [4.69, 9.17) is 4.52 Å². The van der Waals surface area contributed by atoms with Crippen molar-refractivity contribution < 1.29 is 4.52 Å². The van der Waals surface area contributed by atoms with Crippen LogP contribution in [-0.4, -0.2) is 23.6 Å². The molecule has 16 heavy (non-hydrogen) atoms. The maximum atomic E-state index is 5.18. The summed E-state index contributed by atoms with van der Waals surface area (Å²) in [5, 5.41) is 3.89. The molecule has 0 unspecified atom stereocenters. The maximum Gasteiger partial charge on any atom is 0.137 e. The Morgan fingerprint density at radius 1 is 1.44 bits per heavy atom. The quantitative estimate of drug-likeness (QED) is 0.778. The Bertz CT molecular complexity index is 404. The molecule has 0 aliphatic carbocycles. The molecule has 0 saturated carbocycles. The number of aryl methyl sites for hydroxylation is 2. The molecule has 1 aromatic heterocycles. The number of likely N-dealkylation sites (N-methyl/N-ethyl adjacent to an activating group) is 1. The van der Waals surface area contributed by atoms with E-state index in [0.717, 1.165) is 37.3 Å². The lowest BCUT2D eigenvalue weighted by molar-refractivity contribution is 0.376. The molecule has 86 valence electrons. The van der Waals surface area contributed by atoms with Crippen molar-refractivity contribution in [2.24, 2.45) is 0 Å². The fraction of sp³-hybridized carbons (Fsp3) is 0.462. The highest BCUT2D eigenvalue weighted by molar-refractivity contribution is 5.18. The molecule has 2 heterocycles. The Labute approximate surface area is 96.4 Å². The van der Waals surface area contributed by atoms with Gasteiger partial charge in [-0.2, -0.15) is 0 Å². The van der Waals surface area contributed by atoms with Crippen LogP contribution in [0.3, 0.4) is 0 Å². The second-order valence-corrected chi connectivity index (χ2v) is 4.37. The van der Waals surface area contributed by atoms with Gasteiger partial charge < -0.3 is 9.42 Å². The molecular formula is C13H18N2O. The van der Waals surface area contributed by atoms with Crippen LogP contribution in [-0.2, 0) is 6.42 Å². The zero-order valence-electron chi connectivity index (χ0n) is 9.94. The first-order chi connectivity index (χ1) is 7.74. The van der Waals surface area contributed by atoms with Crippen LogP contribution in [0.15, 0.2) is 34.5 Å². The molecule has 0 N–H and O–H groups in total. The fourth-order valence-electron chi connectivity index (χ4n) is 1.94. The molecule has 0 amide bonds. The SMILES string of the molecule is Cc1cc(CCCC2=CC=CN(C)C2)on1. The molecule has 1 aliphatic rings. The van der Waals surface area contributed by atoms with Gasteiger partial charge in [0.1, 0.15) is 5.76 Å². The van der Waals surface area contributed by atoms with E-state index < -0.39 is 0 Å². The van der Waals surface area contributed by atoms with E-state index in [1.54, 1.807) is 0 Å². The first kappa shape index (κ1) is 11.0. The summed E-state index contributed by atoms with van der Waals surface area (Å²) in [6.07, 6.45) is 9.66. The molecule has 0 bridgehead atoms. The summed E-state index contributed by atoms with van der Waals surface area (Å²) in [6, 6.07) is 2.02. The first-order valence-electron chi connectivity index (χ1n) is 5.73. The van der Waals surface area contributed by atoms with E-state index in [-0.39, 0.29) is 0 Å². The Hall–Kier alpha value is -1.51. The van der Waals surface area contributed by atoms with Gasteiger partial charge in [-0.3, -0.25) is 0 Å². The molecule has 0 fully saturated rings. The molecule has 0 spiro atoms. The molecule has 0 radical (unpaired) electrons. The van der Waals surface area contributed by atoms with Gasteiger partial charge >= 0.3 is 0 Å². The van der Waals surface area contributed by atoms with Crippen molar-refractivity contribution in [3.8, 4) is 0 Å². The standard InChI is InChI=1S/C13H18N2O/c1-11-9-13(16-14-11)7-3-5-12-6-4-8-15(2)10-12/h4,6,8-9H,3,5,7,10H2,1-2H3.